The summed E-state index contributed by atoms with van der Waals surface area (Å²) in [6.07, 6.45) is 1.40. The van der Waals surface area contributed by atoms with Gasteiger partial charge in [0.05, 0.1) is 5.56 Å². The maximum absolute atomic E-state index is 13.1. The van der Waals surface area contributed by atoms with Crippen LogP contribution in [0, 0.1) is 5.92 Å². The molecule has 0 atom stereocenters. The quantitative estimate of drug-likeness (QED) is 0.705. The Balaban J connectivity index is 1.32. The minimum absolute atomic E-state index is 0.00230. The number of para-hydroxylation sites is 1. The average molecular weight is 465 g/mol. The Morgan fingerprint density at radius 3 is 2.32 bits per heavy atom. The normalized spacial score (nSPS) is 17.4. The number of carbonyl (C=O) groups is 3. The number of piperidine rings is 1. The predicted molar refractivity (Wildman–Crippen MR) is 128 cm³/mol. The molecule has 3 amide bonds. The highest BCUT2D eigenvalue weighted by atomic mass is 16.5. The van der Waals surface area contributed by atoms with Gasteiger partial charge < -0.3 is 25.2 Å². The van der Waals surface area contributed by atoms with Crippen molar-refractivity contribution in [3.8, 4) is 5.75 Å². The van der Waals surface area contributed by atoms with Gasteiger partial charge in [0.15, 0.2) is 0 Å². The third kappa shape index (κ3) is 5.56. The van der Waals surface area contributed by atoms with Gasteiger partial charge in [0, 0.05) is 50.7 Å². The Kier molecular flexibility index (Phi) is 7.47. The van der Waals surface area contributed by atoms with Gasteiger partial charge in [-0.3, -0.25) is 14.4 Å². The third-order valence-corrected chi connectivity index (χ3v) is 6.67. The summed E-state index contributed by atoms with van der Waals surface area (Å²) in [5.41, 5.74) is 7.15. The zero-order valence-corrected chi connectivity index (χ0v) is 19.6. The van der Waals surface area contributed by atoms with Crippen molar-refractivity contribution in [2.75, 3.05) is 46.3 Å². The molecule has 2 saturated heterocycles. The van der Waals surface area contributed by atoms with Gasteiger partial charge in [-0.25, -0.2) is 0 Å². The zero-order chi connectivity index (χ0) is 24.1. The number of hydrogen-bond acceptors (Lipinski definition) is 5. The van der Waals surface area contributed by atoms with Gasteiger partial charge in [0.25, 0.3) is 11.8 Å². The predicted octanol–water partition coefficient (Wildman–Crippen LogP) is 1.99. The van der Waals surface area contributed by atoms with E-state index in [0.29, 0.717) is 42.8 Å². The minimum atomic E-state index is -0.547. The summed E-state index contributed by atoms with van der Waals surface area (Å²) in [7, 11) is 2.08. The number of benzene rings is 2. The molecule has 4 rings (SSSR count). The Bertz CT molecular complexity index is 1040. The molecule has 2 aromatic rings. The second kappa shape index (κ2) is 10.7. The van der Waals surface area contributed by atoms with Crippen molar-refractivity contribution < 1.29 is 19.1 Å². The number of piperazine rings is 1. The van der Waals surface area contributed by atoms with E-state index in [1.807, 2.05) is 28.0 Å². The monoisotopic (exact) mass is 464 g/mol. The van der Waals surface area contributed by atoms with Crippen LogP contribution in [-0.4, -0.2) is 78.7 Å². The van der Waals surface area contributed by atoms with Crippen molar-refractivity contribution in [2.24, 2.45) is 11.7 Å². The number of likely N-dealkylation sites (tertiary alicyclic amines) is 1. The maximum atomic E-state index is 13.1. The van der Waals surface area contributed by atoms with E-state index in [1.54, 1.807) is 30.3 Å². The van der Waals surface area contributed by atoms with Crippen molar-refractivity contribution >= 4 is 17.7 Å². The standard InChI is InChI=1S/C26H32N4O4/c1-28-13-15-30(16-14-28)25(32)20-9-11-29(12-10-20)26(33)21-6-4-5-19(17-21)18-34-23-8-3-2-7-22(23)24(27)31/h2-8,17,20H,9-16,18H2,1H3,(H2,27,31). The minimum Gasteiger partial charge on any atom is -0.488 e. The first-order valence-corrected chi connectivity index (χ1v) is 11.8. The number of carbonyl (C=O) groups excluding carboxylic acids is 3. The van der Waals surface area contributed by atoms with Crippen molar-refractivity contribution in [3.63, 3.8) is 0 Å². The molecule has 8 heteroatoms. The highest BCUT2D eigenvalue weighted by Crippen LogP contribution is 2.23. The Morgan fingerprint density at radius 1 is 0.912 bits per heavy atom. The van der Waals surface area contributed by atoms with Gasteiger partial charge >= 0.3 is 0 Å². The number of hydrogen-bond donors (Lipinski definition) is 1. The Hall–Kier alpha value is -3.39. The van der Waals surface area contributed by atoms with E-state index in [1.165, 1.54) is 0 Å². The molecule has 8 nitrogen and oxygen atoms in total. The van der Waals surface area contributed by atoms with Crippen molar-refractivity contribution in [1.29, 1.82) is 0 Å². The number of likely N-dealkylation sites (N-methyl/N-ethyl adjacent to an activating group) is 1. The molecule has 2 fully saturated rings. The molecule has 0 radical (unpaired) electrons. The molecule has 180 valence electrons. The molecule has 0 saturated carbocycles. The molecule has 34 heavy (non-hydrogen) atoms. The molecule has 0 aromatic heterocycles. The molecule has 2 N–H and O–H groups in total. The lowest BCUT2D eigenvalue weighted by Crippen LogP contribution is -2.51. The summed E-state index contributed by atoms with van der Waals surface area (Å²) in [5.74, 6) is 0.0610. The fourth-order valence-corrected chi connectivity index (χ4v) is 4.55. The zero-order valence-electron chi connectivity index (χ0n) is 19.6. The van der Waals surface area contributed by atoms with E-state index >= 15 is 0 Å². The van der Waals surface area contributed by atoms with Gasteiger partial charge in [-0.1, -0.05) is 24.3 Å². The molecule has 0 unspecified atom stereocenters. The lowest BCUT2D eigenvalue weighted by atomic mass is 9.94. The summed E-state index contributed by atoms with van der Waals surface area (Å²) < 4.78 is 5.80. The molecular formula is C26H32N4O4. The first kappa shape index (κ1) is 23.8. The van der Waals surface area contributed by atoms with Crippen LogP contribution in [0.15, 0.2) is 48.5 Å². The van der Waals surface area contributed by atoms with E-state index in [4.69, 9.17) is 10.5 Å². The summed E-state index contributed by atoms with van der Waals surface area (Å²) in [4.78, 5) is 43.6. The highest BCUT2D eigenvalue weighted by molar-refractivity contribution is 5.95. The van der Waals surface area contributed by atoms with E-state index in [9.17, 15) is 14.4 Å². The number of rotatable bonds is 6. The number of ether oxygens (including phenoxy) is 1. The lowest BCUT2D eigenvalue weighted by Gasteiger charge is -2.37. The van der Waals surface area contributed by atoms with Crippen LogP contribution < -0.4 is 10.5 Å². The molecular weight excluding hydrogens is 432 g/mol. The van der Waals surface area contributed by atoms with Gasteiger partial charge in [0.1, 0.15) is 12.4 Å². The van der Waals surface area contributed by atoms with Gasteiger partial charge in [-0.15, -0.1) is 0 Å². The molecule has 2 aromatic carbocycles. The fraction of sp³-hybridized carbons (Fsp3) is 0.423. The lowest BCUT2D eigenvalue weighted by molar-refractivity contribution is -0.138. The fourth-order valence-electron chi connectivity index (χ4n) is 4.55. The maximum Gasteiger partial charge on any atom is 0.253 e. The van der Waals surface area contributed by atoms with Crippen LogP contribution in [0.5, 0.6) is 5.75 Å². The average Bonchev–Trinajstić information content (AvgIpc) is 2.87. The van der Waals surface area contributed by atoms with Crippen molar-refractivity contribution in [3.05, 3.63) is 65.2 Å². The number of nitrogens with two attached hydrogens (primary N) is 1. The highest BCUT2D eigenvalue weighted by Gasteiger charge is 2.31. The van der Waals surface area contributed by atoms with Crippen LogP contribution in [0.3, 0.4) is 0 Å². The SMILES string of the molecule is CN1CCN(C(=O)C2CCN(C(=O)c3cccc(COc4ccccc4C(N)=O)c3)CC2)CC1. The largest absolute Gasteiger partial charge is 0.488 e. The van der Waals surface area contributed by atoms with Crippen LogP contribution in [0.4, 0.5) is 0 Å². The Labute approximate surface area is 200 Å². The van der Waals surface area contributed by atoms with Crippen LogP contribution in [0.2, 0.25) is 0 Å². The van der Waals surface area contributed by atoms with E-state index in [-0.39, 0.29) is 24.3 Å². The first-order valence-electron chi connectivity index (χ1n) is 11.8. The van der Waals surface area contributed by atoms with Crippen LogP contribution in [0.1, 0.15) is 39.1 Å². The molecule has 0 aliphatic carbocycles. The number of nitrogens with zero attached hydrogens (tertiary/aromatic N) is 3. The van der Waals surface area contributed by atoms with E-state index < -0.39 is 5.91 Å². The summed E-state index contributed by atoms with van der Waals surface area (Å²) in [6.45, 7) is 4.77. The number of amides is 3. The Morgan fingerprint density at radius 2 is 1.62 bits per heavy atom. The van der Waals surface area contributed by atoms with Crippen LogP contribution in [0.25, 0.3) is 0 Å². The number of primary amides is 1. The van der Waals surface area contributed by atoms with Crippen LogP contribution in [-0.2, 0) is 11.4 Å². The van der Waals surface area contributed by atoms with E-state index in [0.717, 1.165) is 31.7 Å². The smallest absolute Gasteiger partial charge is 0.253 e. The molecule has 0 bridgehead atoms. The van der Waals surface area contributed by atoms with Gasteiger partial charge in [-0.2, -0.15) is 0 Å². The summed E-state index contributed by atoms with van der Waals surface area (Å²) in [6, 6.07) is 14.1. The van der Waals surface area contributed by atoms with Crippen LogP contribution >= 0.6 is 0 Å². The van der Waals surface area contributed by atoms with E-state index in [2.05, 4.69) is 11.9 Å². The van der Waals surface area contributed by atoms with Crippen molar-refractivity contribution in [2.45, 2.75) is 19.4 Å². The van der Waals surface area contributed by atoms with Gasteiger partial charge in [0.2, 0.25) is 5.91 Å². The molecule has 0 spiro atoms. The second-order valence-corrected chi connectivity index (χ2v) is 9.04. The molecule has 2 heterocycles. The summed E-state index contributed by atoms with van der Waals surface area (Å²) in [5, 5.41) is 0. The van der Waals surface area contributed by atoms with Crippen molar-refractivity contribution in [1.82, 2.24) is 14.7 Å². The third-order valence-electron chi connectivity index (χ3n) is 6.67. The summed E-state index contributed by atoms with van der Waals surface area (Å²) >= 11 is 0. The van der Waals surface area contributed by atoms with Gasteiger partial charge in [-0.05, 0) is 49.7 Å². The molecule has 2 aliphatic rings. The second-order valence-electron chi connectivity index (χ2n) is 9.04. The molecule has 2 aliphatic heterocycles. The topological polar surface area (TPSA) is 96.2 Å². The first-order chi connectivity index (χ1) is 16.4.